The maximum absolute atomic E-state index is 11.7. The number of nitrogens with zero attached hydrogens (tertiary/aromatic N) is 1. The summed E-state index contributed by atoms with van der Waals surface area (Å²) in [5, 5.41) is 2.55. The second kappa shape index (κ2) is 5.31. The topological polar surface area (TPSA) is 51.2 Å². The van der Waals surface area contributed by atoms with Crippen molar-refractivity contribution in [1.82, 2.24) is 10.3 Å². The Morgan fingerprint density at radius 2 is 1.94 bits per heavy atom. The highest BCUT2D eigenvalue weighted by Gasteiger charge is 2.15. The monoisotopic (exact) mass is 242 g/mol. The third-order valence-corrected chi connectivity index (χ3v) is 2.51. The van der Waals surface area contributed by atoms with Gasteiger partial charge in [-0.15, -0.1) is 0 Å². The Hall–Kier alpha value is -2.36. The van der Waals surface area contributed by atoms with Crippen molar-refractivity contribution in [1.29, 1.82) is 0 Å². The van der Waals surface area contributed by atoms with Crippen molar-refractivity contribution >= 4 is 5.91 Å². The van der Waals surface area contributed by atoms with Crippen LogP contribution in [0.5, 0.6) is 11.5 Å². The van der Waals surface area contributed by atoms with Gasteiger partial charge in [-0.05, 0) is 30.7 Å². The van der Waals surface area contributed by atoms with Crippen LogP contribution in [0.15, 0.2) is 42.6 Å². The maximum Gasteiger partial charge on any atom is 0.273 e. The van der Waals surface area contributed by atoms with Crippen LogP contribution in [0.2, 0.25) is 0 Å². The third kappa shape index (κ3) is 2.48. The summed E-state index contributed by atoms with van der Waals surface area (Å²) in [4.78, 5) is 15.8. The fourth-order valence-corrected chi connectivity index (χ4v) is 1.56. The average Bonchev–Trinajstić information content (AvgIpc) is 2.41. The molecular formula is C14H14N2O2. The molecule has 0 atom stereocenters. The number of hydrogen-bond donors (Lipinski definition) is 1. The Morgan fingerprint density at radius 3 is 2.61 bits per heavy atom. The van der Waals surface area contributed by atoms with Crippen LogP contribution in [0.1, 0.15) is 16.1 Å². The molecule has 0 saturated heterocycles. The van der Waals surface area contributed by atoms with Gasteiger partial charge in [0.1, 0.15) is 5.75 Å². The molecule has 0 bridgehead atoms. The average molecular weight is 242 g/mol. The summed E-state index contributed by atoms with van der Waals surface area (Å²) in [6, 6.07) is 11.1. The summed E-state index contributed by atoms with van der Waals surface area (Å²) in [6.07, 6.45) is 1.60. The van der Waals surface area contributed by atoms with Crippen LogP contribution in [-0.4, -0.2) is 17.9 Å². The van der Waals surface area contributed by atoms with Gasteiger partial charge in [-0.3, -0.25) is 4.79 Å². The lowest BCUT2D eigenvalue weighted by Gasteiger charge is -2.11. The predicted octanol–water partition coefficient (Wildman–Crippen LogP) is 2.54. The molecule has 2 aromatic rings. The zero-order chi connectivity index (χ0) is 13.0. The summed E-state index contributed by atoms with van der Waals surface area (Å²) in [5.41, 5.74) is 1.16. The number of rotatable bonds is 3. The lowest BCUT2D eigenvalue weighted by Crippen LogP contribution is -2.20. The number of nitrogens with one attached hydrogen (secondary N) is 1. The van der Waals surface area contributed by atoms with Gasteiger partial charge >= 0.3 is 0 Å². The maximum atomic E-state index is 11.7. The smallest absolute Gasteiger partial charge is 0.273 e. The molecule has 0 aliphatic carbocycles. The van der Waals surface area contributed by atoms with Crippen LogP contribution in [-0.2, 0) is 0 Å². The van der Waals surface area contributed by atoms with Gasteiger partial charge < -0.3 is 10.1 Å². The van der Waals surface area contributed by atoms with Gasteiger partial charge in [0, 0.05) is 13.2 Å². The van der Waals surface area contributed by atoms with Gasteiger partial charge in [0.05, 0.1) is 0 Å². The van der Waals surface area contributed by atoms with E-state index in [1.54, 1.807) is 13.2 Å². The number of para-hydroxylation sites is 1. The second-order valence-corrected chi connectivity index (χ2v) is 3.80. The Morgan fingerprint density at radius 1 is 1.22 bits per heavy atom. The summed E-state index contributed by atoms with van der Waals surface area (Å²) in [5.74, 6) is 0.909. The molecule has 18 heavy (non-hydrogen) atoms. The fourth-order valence-electron chi connectivity index (χ4n) is 1.56. The number of ether oxygens (including phenoxy) is 1. The Balaban J connectivity index is 2.40. The lowest BCUT2D eigenvalue weighted by atomic mass is 10.2. The molecule has 1 aromatic heterocycles. The molecule has 1 N–H and O–H groups in total. The zero-order valence-corrected chi connectivity index (χ0v) is 10.3. The van der Waals surface area contributed by atoms with Gasteiger partial charge in [-0.1, -0.05) is 18.2 Å². The van der Waals surface area contributed by atoms with Gasteiger partial charge in [-0.25, -0.2) is 4.98 Å². The SMILES string of the molecule is CNC(=O)c1nccc(C)c1Oc1ccccc1. The highest BCUT2D eigenvalue weighted by molar-refractivity contribution is 5.95. The van der Waals surface area contributed by atoms with Crippen LogP contribution in [0.4, 0.5) is 0 Å². The Kier molecular flexibility index (Phi) is 3.57. The first-order valence-corrected chi connectivity index (χ1v) is 5.63. The summed E-state index contributed by atoms with van der Waals surface area (Å²) >= 11 is 0. The van der Waals surface area contributed by atoms with E-state index in [1.165, 1.54) is 0 Å². The minimum absolute atomic E-state index is 0.260. The zero-order valence-electron chi connectivity index (χ0n) is 10.3. The summed E-state index contributed by atoms with van der Waals surface area (Å²) in [7, 11) is 1.57. The van der Waals surface area contributed by atoms with Crippen molar-refractivity contribution in [3.05, 3.63) is 53.9 Å². The largest absolute Gasteiger partial charge is 0.455 e. The molecule has 0 aliphatic rings. The molecule has 0 saturated carbocycles. The van der Waals surface area contributed by atoms with E-state index >= 15 is 0 Å². The van der Waals surface area contributed by atoms with E-state index in [9.17, 15) is 4.79 Å². The van der Waals surface area contributed by atoms with E-state index in [1.807, 2.05) is 43.3 Å². The minimum atomic E-state index is -0.260. The van der Waals surface area contributed by atoms with Crippen molar-refractivity contribution in [2.45, 2.75) is 6.92 Å². The van der Waals surface area contributed by atoms with Crippen molar-refractivity contribution < 1.29 is 9.53 Å². The minimum Gasteiger partial charge on any atom is -0.455 e. The second-order valence-electron chi connectivity index (χ2n) is 3.80. The van der Waals surface area contributed by atoms with E-state index in [0.717, 1.165) is 5.56 Å². The first-order chi connectivity index (χ1) is 8.72. The number of pyridine rings is 1. The summed E-state index contributed by atoms with van der Waals surface area (Å²) in [6.45, 7) is 1.88. The predicted molar refractivity (Wildman–Crippen MR) is 68.9 cm³/mol. The highest BCUT2D eigenvalue weighted by atomic mass is 16.5. The molecule has 0 radical (unpaired) electrons. The molecule has 4 nitrogen and oxygen atoms in total. The van der Waals surface area contributed by atoms with Gasteiger partial charge in [0.2, 0.25) is 0 Å². The molecule has 0 unspecified atom stereocenters. The van der Waals surface area contributed by atoms with Gasteiger partial charge in [0.25, 0.3) is 5.91 Å². The molecule has 2 rings (SSSR count). The van der Waals surface area contributed by atoms with Crippen LogP contribution >= 0.6 is 0 Å². The van der Waals surface area contributed by atoms with Crippen molar-refractivity contribution in [3.8, 4) is 11.5 Å². The van der Waals surface area contributed by atoms with Crippen LogP contribution < -0.4 is 10.1 Å². The number of aryl methyl sites for hydroxylation is 1. The van der Waals surface area contributed by atoms with E-state index in [0.29, 0.717) is 17.2 Å². The van der Waals surface area contributed by atoms with E-state index in [2.05, 4.69) is 10.3 Å². The van der Waals surface area contributed by atoms with Crippen molar-refractivity contribution in [3.63, 3.8) is 0 Å². The van der Waals surface area contributed by atoms with Gasteiger partial charge in [0.15, 0.2) is 11.4 Å². The van der Waals surface area contributed by atoms with E-state index in [-0.39, 0.29) is 5.91 Å². The Labute approximate surface area is 106 Å². The molecule has 92 valence electrons. The quantitative estimate of drug-likeness (QED) is 0.899. The van der Waals surface area contributed by atoms with Crippen molar-refractivity contribution in [2.75, 3.05) is 7.05 Å². The molecule has 1 heterocycles. The number of aromatic nitrogens is 1. The fraction of sp³-hybridized carbons (Fsp3) is 0.143. The van der Waals surface area contributed by atoms with Crippen LogP contribution in [0.25, 0.3) is 0 Å². The lowest BCUT2D eigenvalue weighted by molar-refractivity contribution is 0.0955. The summed E-state index contributed by atoms with van der Waals surface area (Å²) < 4.78 is 5.74. The first kappa shape index (κ1) is 12.1. The number of amides is 1. The third-order valence-electron chi connectivity index (χ3n) is 2.51. The number of carbonyl (C=O) groups is 1. The number of benzene rings is 1. The highest BCUT2D eigenvalue weighted by Crippen LogP contribution is 2.27. The van der Waals surface area contributed by atoms with Gasteiger partial charge in [-0.2, -0.15) is 0 Å². The van der Waals surface area contributed by atoms with Crippen molar-refractivity contribution in [2.24, 2.45) is 0 Å². The molecule has 0 aliphatic heterocycles. The standard InChI is InChI=1S/C14H14N2O2/c1-10-8-9-16-12(14(17)15-2)13(10)18-11-6-4-3-5-7-11/h3-9H,1-2H3,(H,15,17). The normalized spacial score (nSPS) is 9.89. The molecule has 1 amide bonds. The number of carbonyl (C=O) groups excluding carboxylic acids is 1. The number of hydrogen-bond acceptors (Lipinski definition) is 3. The molecule has 0 spiro atoms. The van der Waals surface area contributed by atoms with E-state index in [4.69, 9.17) is 4.74 Å². The molecule has 0 fully saturated rings. The first-order valence-electron chi connectivity index (χ1n) is 5.63. The molecular weight excluding hydrogens is 228 g/mol. The Bertz CT molecular complexity index is 553. The van der Waals surface area contributed by atoms with Crippen LogP contribution in [0, 0.1) is 6.92 Å². The van der Waals surface area contributed by atoms with E-state index < -0.39 is 0 Å². The molecule has 1 aromatic carbocycles. The molecule has 4 heteroatoms. The van der Waals surface area contributed by atoms with Crippen LogP contribution in [0.3, 0.4) is 0 Å².